The van der Waals surface area contributed by atoms with Gasteiger partial charge in [0.15, 0.2) is 0 Å². The number of hydrogen-bond acceptors (Lipinski definition) is 4. The average molecular weight is 300 g/mol. The number of benzene rings is 2. The monoisotopic (exact) mass is 300 g/mol. The maximum absolute atomic E-state index is 10.9. The third kappa shape index (κ3) is 2.66. The van der Waals surface area contributed by atoms with Crippen molar-refractivity contribution in [1.82, 2.24) is 0 Å². The fraction of sp³-hybridized carbons (Fsp3) is 0.333. The van der Waals surface area contributed by atoms with Crippen molar-refractivity contribution in [3.8, 4) is 0 Å². The van der Waals surface area contributed by atoms with Gasteiger partial charge in [-0.25, -0.2) is 0 Å². The lowest BCUT2D eigenvalue weighted by molar-refractivity contribution is -0.246. The molecule has 0 spiro atoms. The molecule has 3 rings (SSSR count). The molecule has 4 unspecified atom stereocenters. The topological polar surface area (TPSA) is 58.9 Å². The Kier molecular flexibility index (Phi) is 4.27. The summed E-state index contributed by atoms with van der Waals surface area (Å²) in [6, 6.07) is 18.6. The standard InChI is InChI=1S/C18H20O4/c1-13(19)16-12-21-18(22-16,15-10-6-3-7-11-15)17(20)14-8-4-2-5-9-14/h2-11,13,16-17,19-20H,12H2,1H3. The van der Waals surface area contributed by atoms with Crippen LogP contribution in [-0.2, 0) is 15.3 Å². The van der Waals surface area contributed by atoms with Gasteiger partial charge in [0.25, 0.3) is 0 Å². The van der Waals surface area contributed by atoms with Gasteiger partial charge >= 0.3 is 0 Å². The van der Waals surface area contributed by atoms with Crippen molar-refractivity contribution in [2.45, 2.75) is 31.0 Å². The second-order valence-corrected chi connectivity index (χ2v) is 5.55. The van der Waals surface area contributed by atoms with Crippen molar-refractivity contribution in [2.24, 2.45) is 0 Å². The summed E-state index contributed by atoms with van der Waals surface area (Å²) in [7, 11) is 0. The number of aliphatic hydroxyl groups excluding tert-OH is 2. The molecule has 1 aliphatic rings. The molecule has 22 heavy (non-hydrogen) atoms. The molecule has 0 bridgehead atoms. The number of rotatable bonds is 4. The van der Waals surface area contributed by atoms with Crippen molar-refractivity contribution in [3.05, 3.63) is 71.8 Å². The van der Waals surface area contributed by atoms with Crippen LogP contribution in [0.4, 0.5) is 0 Å². The smallest absolute Gasteiger partial charge is 0.226 e. The van der Waals surface area contributed by atoms with Gasteiger partial charge in [-0.3, -0.25) is 0 Å². The van der Waals surface area contributed by atoms with Crippen LogP contribution in [0.2, 0.25) is 0 Å². The van der Waals surface area contributed by atoms with Crippen molar-refractivity contribution in [2.75, 3.05) is 6.61 Å². The molecule has 0 saturated carbocycles. The van der Waals surface area contributed by atoms with Crippen LogP contribution in [-0.4, -0.2) is 29.0 Å². The van der Waals surface area contributed by atoms with Crippen molar-refractivity contribution in [3.63, 3.8) is 0 Å². The summed E-state index contributed by atoms with van der Waals surface area (Å²) in [5.74, 6) is -1.30. The lowest BCUT2D eigenvalue weighted by Crippen LogP contribution is -2.37. The second kappa shape index (κ2) is 6.18. The second-order valence-electron chi connectivity index (χ2n) is 5.55. The number of aliphatic hydroxyl groups is 2. The molecule has 1 fully saturated rings. The molecule has 1 aliphatic heterocycles. The molecule has 0 amide bonds. The zero-order valence-electron chi connectivity index (χ0n) is 12.4. The van der Waals surface area contributed by atoms with E-state index in [0.29, 0.717) is 5.56 Å². The maximum atomic E-state index is 10.9. The van der Waals surface area contributed by atoms with Crippen molar-refractivity contribution in [1.29, 1.82) is 0 Å². The van der Waals surface area contributed by atoms with Crippen LogP contribution in [0.3, 0.4) is 0 Å². The van der Waals surface area contributed by atoms with E-state index in [1.54, 1.807) is 6.92 Å². The van der Waals surface area contributed by atoms with Gasteiger partial charge in [0.1, 0.15) is 12.2 Å². The van der Waals surface area contributed by atoms with Gasteiger partial charge in [-0.2, -0.15) is 0 Å². The average Bonchev–Trinajstić information content (AvgIpc) is 3.03. The summed E-state index contributed by atoms with van der Waals surface area (Å²) in [5.41, 5.74) is 1.44. The van der Waals surface area contributed by atoms with Gasteiger partial charge in [-0.05, 0) is 12.5 Å². The Balaban J connectivity index is 2.01. The van der Waals surface area contributed by atoms with E-state index >= 15 is 0 Å². The van der Waals surface area contributed by atoms with Crippen LogP contribution in [0.15, 0.2) is 60.7 Å². The molecule has 0 radical (unpaired) electrons. The van der Waals surface area contributed by atoms with Crippen molar-refractivity contribution >= 4 is 0 Å². The molecule has 2 aromatic carbocycles. The van der Waals surface area contributed by atoms with E-state index in [4.69, 9.17) is 9.47 Å². The van der Waals surface area contributed by atoms with E-state index < -0.39 is 24.1 Å². The predicted octanol–water partition coefficient (Wildman–Crippen LogP) is 2.37. The highest BCUT2D eigenvalue weighted by molar-refractivity contribution is 5.28. The molecule has 116 valence electrons. The van der Waals surface area contributed by atoms with Crippen LogP contribution in [0, 0.1) is 0 Å². The third-order valence-corrected chi connectivity index (χ3v) is 3.98. The first-order valence-corrected chi connectivity index (χ1v) is 7.42. The highest BCUT2D eigenvalue weighted by Gasteiger charge is 2.50. The SMILES string of the molecule is CC(O)C1COC(c2ccccc2)(C(O)c2ccccc2)O1. The minimum Gasteiger partial charge on any atom is -0.391 e. The van der Waals surface area contributed by atoms with Gasteiger partial charge in [-0.1, -0.05) is 60.7 Å². The van der Waals surface area contributed by atoms with Crippen LogP contribution in [0.1, 0.15) is 24.2 Å². The number of ether oxygens (including phenoxy) is 2. The first kappa shape index (κ1) is 15.2. The molecule has 4 nitrogen and oxygen atoms in total. The third-order valence-electron chi connectivity index (χ3n) is 3.98. The maximum Gasteiger partial charge on any atom is 0.226 e. The van der Waals surface area contributed by atoms with E-state index in [1.165, 1.54) is 0 Å². The molecule has 4 heteroatoms. The summed E-state index contributed by atoms with van der Waals surface area (Å²) >= 11 is 0. The Hall–Kier alpha value is -1.72. The predicted molar refractivity (Wildman–Crippen MR) is 82.0 cm³/mol. The van der Waals surface area contributed by atoms with Crippen molar-refractivity contribution < 1.29 is 19.7 Å². The van der Waals surface area contributed by atoms with Crippen LogP contribution >= 0.6 is 0 Å². The molecule has 2 N–H and O–H groups in total. The first-order chi connectivity index (χ1) is 10.6. The van der Waals surface area contributed by atoms with Gasteiger partial charge in [0, 0.05) is 5.56 Å². The van der Waals surface area contributed by atoms with E-state index in [0.717, 1.165) is 5.56 Å². The first-order valence-electron chi connectivity index (χ1n) is 7.42. The van der Waals surface area contributed by atoms with E-state index in [1.807, 2.05) is 60.7 Å². The zero-order chi connectivity index (χ0) is 15.6. The highest BCUT2D eigenvalue weighted by Crippen LogP contribution is 2.44. The Labute approximate surface area is 129 Å². The summed E-state index contributed by atoms with van der Waals surface area (Å²) < 4.78 is 11.9. The van der Waals surface area contributed by atoms with E-state index in [9.17, 15) is 10.2 Å². The summed E-state index contributed by atoms with van der Waals surface area (Å²) in [5, 5.41) is 20.7. The molecule has 1 heterocycles. The Morgan fingerprint density at radius 1 is 1.00 bits per heavy atom. The Morgan fingerprint density at radius 2 is 1.59 bits per heavy atom. The summed E-state index contributed by atoms with van der Waals surface area (Å²) in [4.78, 5) is 0. The summed E-state index contributed by atoms with van der Waals surface area (Å²) in [6.45, 7) is 1.89. The van der Waals surface area contributed by atoms with Gasteiger partial charge in [0.05, 0.1) is 12.7 Å². The molecular weight excluding hydrogens is 280 g/mol. The minimum atomic E-state index is -1.30. The Morgan fingerprint density at radius 3 is 2.14 bits per heavy atom. The van der Waals surface area contributed by atoms with E-state index in [2.05, 4.69) is 0 Å². The zero-order valence-corrected chi connectivity index (χ0v) is 12.4. The van der Waals surface area contributed by atoms with Crippen LogP contribution < -0.4 is 0 Å². The van der Waals surface area contributed by atoms with Gasteiger partial charge in [0.2, 0.25) is 5.79 Å². The lowest BCUT2D eigenvalue weighted by Gasteiger charge is -2.33. The van der Waals surface area contributed by atoms with Crippen LogP contribution in [0.25, 0.3) is 0 Å². The van der Waals surface area contributed by atoms with E-state index in [-0.39, 0.29) is 6.61 Å². The molecule has 0 aliphatic carbocycles. The van der Waals surface area contributed by atoms with Gasteiger partial charge in [-0.15, -0.1) is 0 Å². The highest BCUT2D eigenvalue weighted by atomic mass is 16.8. The molecule has 1 saturated heterocycles. The van der Waals surface area contributed by atoms with Gasteiger partial charge < -0.3 is 19.7 Å². The Bertz CT molecular complexity index is 599. The normalized spacial score (nSPS) is 27.5. The lowest BCUT2D eigenvalue weighted by atomic mass is 9.94. The minimum absolute atomic E-state index is 0.233. The quantitative estimate of drug-likeness (QED) is 0.910. The number of hydrogen-bond donors (Lipinski definition) is 2. The van der Waals surface area contributed by atoms with Crippen LogP contribution in [0.5, 0.6) is 0 Å². The fourth-order valence-electron chi connectivity index (χ4n) is 2.71. The molecule has 0 aromatic heterocycles. The molecule has 2 aromatic rings. The fourth-order valence-corrected chi connectivity index (χ4v) is 2.71. The summed E-state index contributed by atoms with van der Waals surface area (Å²) in [6.07, 6.45) is -2.13. The molecular formula is C18H20O4. The largest absolute Gasteiger partial charge is 0.391 e. The molecule has 4 atom stereocenters.